The van der Waals surface area contributed by atoms with E-state index < -0.39 is 15.9 Å². The molecule has 1 fully saturated rings. The van der Waals surface area contributed by atoms with Crippen molar-refractivity contribution < 1.29 is 13.2 Å². The first-order chi connectivity index (χ1) is 9.38. The molecule has 4 nitrogen and oxygen atoms in total. The van der Waals surface area contributed by atoms with Gasteiger partial charge in [-0.1, -0.05) is 30.7 Å². The fourth-order valence-corrected chi connectivity index (χ4v) is 3.15. The summed E-state index contributed by atoms with van der Waals surface area (Å²) in [6.45, 7) is 0. The number of benzene rings is 1. The van der Waals surface area contributed by atoms with Crippen molar-refractivity contribution in [2.75, 3.05) is 12.0 Å². The molecule has 1 aliphatic carbocycles. The molecule has 0 radical (unpaired) electrons. The van der Waals surface area contributed by atoms with Crippen LogP contribution in [0.2, 0.25) is 0 Å². The van der Waals surface area contributed by atoms with Gasteiger partial charge in [0.05, 0.1) is 11.8 Å². The molecule has 1 unspecified atom stereocenters. The number of sulfone groups is 1. The maximum Gasteiger partial charge on any atom is 0.179 e. The van der Waals surface area contributed by atoms with Gasteiger partial charge in [-0.2, -0.15) is 0 Å². The zero-order valence-corrected chi connectivity index (χ0v) is 12.5. The number of hydrogen-bond acceptors (Lipinski definition) is 4. The summed E-state index contributed by atoms with van der Waals surface area (Å²) in [6.07, 6.45) is 4.77. The van der Waals surface area contributed by atoms with Crippen LogP contribution < -0.4 is 5.73 Å². The van der Waals surface area contributed by atoms with Gasteiger partial charge in [0.15, 0.2) is 5.78 Å². The first-order valence-corrected chi connectivity index (χ1v) is 9.01. The summed E-state index contributed by atoms with van der Waals surface area (Å²) in [6, 6.07) is 6.81. The predicted molar refractivity (Wildman–Crippen MR) is 79.7 cm³/mol. The predicted octanol–water partition coefficient (Wildman–Crippen LogP) is 1.90. The molecule has 0 aliphatic heterocycles. The Hall–Kier alpha value is -1.20. The maximum atomic E-state index is 12.4. The normalized spacial score (nSPS) is 17.5. The number of rotatable bonds is 6. The van der Waals surface area contributed by atoms with Crippen LogP contribution in [0.5, 0.6) is 0 Å². The van der Waals surface area contributed by atoms with E-state index in [1.165, 1.54) is 6.42 Å². The van der Waals surface area contributed by atoms with Crippen LogP contribution >= 0.6 is 0 Å². The molecule has 1 aromatic carbocycles. The summed E-state index contributed by atoms with van der Waals surface area (Å²) < 4.78 is 22.3. The van der Waals surface area contributed by atoms with E-state index in [2.05, 4.69) is 0 Å². The van der Waals surface area contributed by atoms with Gasteiger partial charge in [0.1, 0.15) is 9.84 Å². The van der Waals surface area contributed by atoms with Crippen molar-refractivity contribution in [2.24, 2.45) is 5.73 Å². The average Bonchev–Trinajstić information content (AvgIpc) is 2.33. The van der Waals surface area contributed by atoms with Crippen LogP contribution in [0, 0.1) is 0 Å². The first kappa shape index (κ1) is 15.2. The van der Waals surface area contributed by atoms with E-state index in [1.807, 2.05) is 18.2 Å². The van der Waals surface area contributed by atoms with Crippen LogP contribution in [0.1, 0.15) is 47.5 Å². The molecule has 0 spiro atoms. The van der Waals surface area contributed by atoms with Crippen molar-refractivity contribution >= 4 is 15.6 Å². The van der Waals surface area contributed by atoms with Gasteiger partial charge in [0.2, 0.25) is 0 Å². The van der Waals surface area contributed by atoms with Crippen molar-refractivity contribution in [3.8, 4) is 0 Å². The third-order valence-corrected chi connectivity index (χ3v) is 4.88. The molecule has 20 heavy (non-hydrogen) atoms. The lowest BCUT2D eigenvalue weighted by molar-refractivity contribution is 0.0957. The number of hydrogen-bond donors (Lipinski definition) is 1. The molecule has 0 saturated heterocycles. The quantitative estimate of drug-likeness (QED) is 0.813. The molecule has 0 aromatic heterocycles. The second-order valence-corrected chi connectivity index (χ2v) is 7.86. The molecular weight excluding hydrogens is 274 g/mol. The molecular formula is C15H21NO3S. The van der Waals surface area contributed by atoms with Crippen LogP contribution in [0.15, 0.2) is 24.3 Å². The number of Topliss-reactive ketones (excluding diaryl/α,β-unsaturated/α-hetero) is 1. The molecule has 2 rings (SSSR count). The summed E-state index contributed by atoms with van der Waals surface area (Å²) in [7, 11) is -3.09. The van der Waals surface area contributed by atoms with Crippen LogP contribution in [-0.2, 0) is 9.84 Å². The largest absolute Gasteiger partial charge is 0.321 e. The number of nitrogens with two attached hydrogens (primary N) is 1. The molecule has 1 aromatic rings. The summed E-state index contributed by atoms with van der Waals surface area (Å²) in [5.74, 6) is 0.263. The minimum atomic E-state index is -3.09. The van der Waals surface area contributed by atoms with Crippen molar-refractivity contribution in [1.29, 1.82) is 0 Å². The molecule has 0 amide bonds. The Morgan fingerprint density at radius 2 is 2.00 bits per heavy atom. The molecule has 1 saturated carbocycles. The van der Waals surface area contributed by atoms with Gasteiger partial charge < -0.3 is 5.73 Å². The fourth-order valence-electron chi connectivity index (χ4n) is 2.47. The first-order valence-electron chi connectivity index (χ1n) is 6.95. The second-order valence-electron chi connectivity index (χ2n) is 5.60. The molecule has 0 heterocycles. The van der Waals surface area contributed by atoms with Gasteiger partial charge in [0, 0.05) is 11.8 Å². The Morgan fingerprint density at radius 1 is 1.35 bits per heavy atom. The van der Waals surface area contributed by atoms with Crippen LogP contribution in [0.25, 0.3) is 0 Å². The number of ketones is 1. The lowest BCUT2D eigenvalue weighted by Gasteiger charge is -2.28. The van der Waals surface area contributed by atoms with Crippen molar-refractivity contribution in [3.63, 3.8) is 0 Å². The molecule has 5 heteroatoms. The van der Waals surface area contributed by atoms with Crippen molar-refractivity contribution in [1.82, 2.24) is 0 Å². The Bertz CT molecular complexity index is 591. The second kappa shape index (κ2) is 6.06. The SMILES string of the molecule is CS(=O)(=O)CCC(N)C(=O)c1ccccc1C1CCC1. The smallest absolute Gasteiger partial charge is 0.179 e. The highest BCUT2D eigenvalue weighted by Gasteiger charge is 2.26. The van der Waals surface area contributed by atoms with Crippen LogP contribution in [0.3, 0.4) is 0 Å². The Kier molecular flexibility index (Phi) is 4.60. The Balaban J connectivity index is 2.12. The third kappa shape index (κ3) is 3.67. The van der Waals surface area contributed by atoms with E-state index in [1.54, 1.807) is 6.07 Å². The molecule has 1 atom stereocenters. The summed E-state index contributed by atoms with van der Waals surface area (Å²) in [5, 5.41) is 0. The van der Waals surface area contributed by atoms with E-state index in [4.69, 9.17) is 5.73 Å². The monoisotopic (exact) mass is 295 g/mol. The number of carbonyl (C=O) groups excluding carboxylic acids is 1. The topological polar surface area (TPSA) is 77.2 Å². The highest BCUT2D eigenvalue weighted by molar-refractivity contribution is 7.90. The van der Waals surface area contributed by atoms with E-state index in [9.17, 15) is 13.2 Å². The molecule has 1 aliphatic rings. The van der Waals surface area contributed by atoms with Gasteiger partial charge in [-0.3, -0.25) is 4.79 Å². The third-order valence-electron chi connectivity index (χ3n) is 3.91. The average molecular weight is 295 g/mol. The zero-order chi connectivity index (χ0) is 14.8. The minimum absolute atomic E-state index is 0.0501. The van der Waals surface area contributed by atoms with E-state index in [0.29, 0.717) is 11.5 Å². The maximum absolute atomic E-state index is 12.4. The molecule has 2 N–H and O–H groups in total. The molecule has 110 valence electrons. The molecule has 0 bridgehead atoms. The van der Waals surface area contributed by atoms with Crippen molar-refractivity contribution in [3.05, 3.63) is 35.4 Å². The summed E-state index contributed by atoms with van der Waals surface area (Å²) in [4.78, 5) is 12.4. The fraction of sp³-hybridized carbons (Fsp3) is 0.533. The number of carbonyl (C=O) groups is 1. The Morgan fingerprint density at radius 3 is 2.55 bits per heavy atom. The van der Waals surface area contributed by atoms with E-state index in [0.717, 1.165) is 24.7 Å². The zero-order valence-electron chi connectivity index (χ0n) is 11.7. The van der Waals surface area contributed by atoms with Gasteiger partial charge in [-0.15, -0.1) is 0 Å². The minimum Gasteiger partial charge on any atom is -0.321 e. The van der Waals surface area contributed by atoms with Crippen LogP contribution in [0.4, 0.5) is 0 Å². The Labute approximate surface area is 120 Å². The van der Waals surface area contributed by atoms with E-state index >= 15 is 0 Å². The summed E-state index contributed by atoms with van der Waals surface area (Å²) in [5.41, 5.74) is 7.60. The highest BCUT2D eigenvalue weighted by Crippen LogP contribution is 2.38. The highest BCUT2D eigenvalue weighted by atomic mass is 32.2. The lowest BCUT2D eigenvalue weighted by Crippen LogP contribution is -2.33. The van der Waals surface area contributed by atoms with Gasteiger partial charge in [-0.05, 0) is 30.7 Å². The summed E-state index contributed by atoms with van der Waals surface area (Å²) >= 11 is 0. The van der Waals surface area contributed by atoms with Crippen molar-refractivity contribution in [2.45, 2.75) is 37.6 Å². The lowest BCUT2D eigenvalue weighted by atomic mass is 9.77. The standard InChI is InChI=1S/C15H21NO3S/c1-20(18,19)10-9-14(16)15(17)13-8-3-2-7-12(13)11-5-4-6-11/h2-3,7-8,11,14H,4-6,9-10,16H2,1H3. The van der Waals surface area contributed by atoms with E-state index in [-0.39, 0.29) is 18.0 Å². The van der Waals surface area contributed by atoms with Crippen LogP contribution in [-0.4, -0.2) is 32.3 Å². The van der Waals surface area contributed by atoms with Gasteiger partial charge in [0.25, 0.3) is 0 Å². The van der Waals surface area contributed by atoms with Gasteiger partial charge in [-0.25, -0.2) is 8.42 Å². The van der Waals surface area contributed by atoms with Gasteiger partial charge >= 0.3 is 0 Å².